The Kier molecular flexibility index (Phi) is 4.56. The van der Waals surface area contributed by atoms with Crippen LogP contribution in [0.25, 0.3) is 0 Å². The zero-order valence-corrected chi connectivity index (χ0v) is 14.4. The molecule has 6 heteroatoms. The minimum atomic E-state index is -0.589. The van der Waals surface area contributed by atoms with Crippen LogP contribution in [0.15, 0.2) is 18.2 Å². The van der Waals surface area contributed by atoms with Crippen molar-refractivity contribution in [3.63, 3.8) is 0 Å². The minimum absolute atomic E-state index is 0.00743. The standard InChI is InChI=1S/C18H21ClFNO3/c1-2-17-5-7-18(8-6-17,10-15(17)22)21-16(23)11-24-12-3-4-13(19)14(20)9-12/h3-4,9H,2,5-8,10-11H2,1H3,(H,21,23). The molecule has 0 spiro atoms. The van der Waals surface area contributed by atoms with Gasteiger partial charge in [0, 0.05) is 23.4 Å². The molecule has 0 heterocycles. The van der Waals surface area contributed by atoms with E-state index in [1.165, 1.54) is 12.1 Å². The highest BCUT2D eigenvalue weighted by Gasteiger charge is 2.53. The number of hydrogen-bond acceptors (Lipinski definition) is 3. The molecule has 3 aliphatic rings. The van der Waals surface area contributed by atoms with E-state index in [4.69, 9.17) is 16.3 Å². The summed E-state index contributed by atoms with van der Waals surface area (Å²) in [5.41, 5.74) is -0.594. The molecule has 3 fully saturated rings. The minimum Gasteiger partial charge on any atom is -0.484 e. The van der Waals surface area contributed by atoms with Crippen LogP contribution in [-0.2, 0) is 9.59 Å². The van der Waals surface area contributed by atoms with Gasteiger partial charge < -0.3 is 10.1 Å². The van der Waals surface area contributed by atoms with Crippen molar-refractivity contribution in [2.45, 2.75) is 51.0 Å². The van der Waals surface area contributed by atoms with Gasteiger partial charge in [-0.15, -0.1) is 0 Å². The molecule has 2 bridgehead atoms. The maximum absolute atomic E-state index is 13.4. The number of ketones is 1. The third-order valence-corrected chi connectivity index (χ3v) is 5.90. The quantitative estimate of drug-likeness (QED) is 0.879. The number of rotatable bonds is 5. The van der Waals surface area contributed by atoms with Crippen LogP contribution in [0.4, 0.5) is 4.39 Å². The highest BCUT2D eigenvalue weighted by molar-refractivity contribution is 6.30. The van der Waals surface area contributed by atoms with Gasteiger partial charge in [-0.1, -0.05) is 18.5 Å². The number of Topliss-reactive ketones (excluding diaryl/α,β-unsaturated/α-hetero) is 1. The zero-order valence-electron chi connectivity index (χ0n) is 13.7. The molecule has 0 aromatic heterocycles. The van der Waals surface area contributed by atoms with E-state index in [1.807, 2.05) is 0 Å². The Balaban J connectivity index is 1.57. The number of ether oxygens (including phenoxy) is 1. The van der Waals surface area contributed by atoms with Crippen LogP contribution < -0.4 is 10.1 Å². The van der Waals surface area contributed by atoms with E-state index in [0.717, 1.165) is 38.2 Å². The molecule has 24 heavy (non-hydrogen) atoms. The first-order chi connectivity index (χ1) is 11.4. The Hall–Kier alpha value is -1.62. The maximum Gasteiger partial charge on any atom is 0.258 e. The molecule has 130 valence electrons. The molecule has 0 radical (unpaired) electrons. The van der Waals surface area contributed by atoms with Crippen LogP contribution in [0.1, 0.15) is 45.4 Å². The number of nitrogens with one attached hydrogen (secondary N) is 1. The first kappa shape index (κ1) is 17.2. The van der Waals surface area contributed by atoms with Gasteiger partial charge in [-0.25, -0.2) is 4.39 Å². The van der Waals surface area contributed by atoms with Crippen LogP contribution in [0.5, 0.6) is 5.75 Å². The predicted octanol–water partition coefficient (Wildman–Crippen LogP) is 3.66. The predicted molar refractivity (Wildman–Crippen MR) is 88.6 cm³/mol. The molecule has 1 N–H and O–H groups in total. The number of fused-ring (bicyclic) bond motifs is 3. The summed E-state index contributed by atoms with van der Waals surface area (Å²) in [6.07, 6.45) is 4.61. The lowest BCUT2D eigenvalue weighted by Gasteiger charge is -2.52. The topological polar surface area (TPSA) is 55.4 Å². The first-order valence-corrected chi connectivity index (χ1v) is 8.68. The highest BCUT2D eigenvalue weighted by Crippen LogP contribution is 2.51. The van der Waals surface area contributed by atoms with Crippen LogP contribution in [0.3, 0.4) is 0 Å². The third kappa shape index (κ3) is 3.14. The average Bonchev–Trinajstić information content (AvgIpc) is 2.57. The zero-order chi connectivity index (χ0) is 17.4. The second-order valence-corrected chi connectivity index (χ2v) is 7.33. The molecular formula is C18H21ClFNO3. The van der Waals surface area contributed by atoms with Gasteiger partial charge in [-0.3, -0.25) is 9.59 Å². The van der Waals surface area contributed by atoms with Gasteiger partial charge in [0.1, 0.15) is 17.3 Å². The molecule has 1 aromatic carbocycles. The molecule has 0 aliphatic heterocycles. The van der Waals surface area contributed by atoms with Gasteiger partial charge in [-0.05, 0) is 44.2 Å². The number of amides is 1. The maximum atomic E-state index is 13.4. The summed E-state index contributed by atoms with van der Waals surface area (Å²) in [4.78, 5) is 24.6. The summed E-state index contributed by atoms with van der Waals surface area (Å²) in [6, 6.07) is 4.04. The fraction of sp³-hybridized carbons (Fsp3) is 0.556. The molecular weight excluding hydrogens is 333 g/mol. The number of carbonyl (C=O) groups excluding carboxylic acids is 2. The fourth-order valence-electron chi connectivity index (χ4n) is 3.92. The van der Waals surface area contributed by atoms with Crippen molar-refractivity contribution in [1.29, 1.82) is 0 Å². The number of hydrogen-bond donors (Lipinski definition) is 1. The normalized spacial score (nSPS) is 28.7. The molecule has 0 saturated heterocycles. The van der Waals surface area contributed by atoms with Crippen LogP contribution >= 0.6 is 11.6 Å². The summed E-state index contributed by atoms with van der Waals surface area (Å²) < 4.78 is 18.7. The van der Waals surface area contributed by atoms with E-state index in [1.54, 1.807) is 0 Å². The first-order valence-electron chi connectivity index (χ1n) is 8.30. The molecule has 3 saturated carbocycles. The summed E-state index contributed by atoms with van der Waals surface area (Å²) in [5.74, 6) is -0.361. The number of carbonyl (C=O) groups is 2. The van der Waals surface area contributed by atoms with Gasteiger partial charge in [0.2, 0.25) is 0 Å². The third-order valence-electron chi connectivity index (χ3n) is 5.60. The Morgan fingerprint density at radius 2 is 2.04 bits per heavy atom. The molecule has 4 nitrogen and oxygen atoms in total. The van der Waals surface area contributed by atoms with Crippen LogP contribution in [0, 0.1) is 11.2 Å². The van der Waals surface area contributed by atoms with Gasteiger partial charge in [0.25, 0.3) is 5.91 Å². The van der Waals surface area contributed by atoms with Gasteiger partial charge in [0.05, 0.1) is 5.02 Å². The summed E-state index contributed by atoms with van der Waals surface area (Å²) in [5, 5.41) is 2.99. The monoisotopic (exact) mass is 353 g/mol. The summed E-state index contributed by atoms with van der Waals surface area (Å²) in [7, 11) is 0. The van der Waals surface area contributed by atoms with E-state index in [-0.39, 0.29) is 34.5 Å². The van der Waals surface area contributed by atoms with E-state index < -0.39 is 11.4 Å². The second-order valence-electron chi connectivity index (χ2n) is 6.93. The second kappa shape index (κ2) is 6.36. The van der Waals surface area contributed by atoms with E-state index >= 15 is 0 Å². The van der Waals surface area contributed by atoms with Crippen LogP contribution in [0.2, 0.25) is 5.02 Å². The van der Waals surface area contributed by atoms with E-state index in [0.29, 0.717) is 6.42 Å². The van der Waals surface area contributed by atoms with Crippen molar-refractivity contribution in [2.24, 2.45) is 5.41 Å². The van der Waals surface area contributed by atoms with Gasteiger partial charge in [0.15, 0.2) is 6.61 Å². The molecule has 0 atom stereocenters. The Morgan fingerprint density at radius 3 is 2.62 bits per heavy atom. The summed E-state index contributed by atoms with van der Waals surface area (Å²) >= 11 is 5.61. The Morgan fingerprint density at radius 1 is 1.33 bits per heavy atom. The SMILES string of the molecule is CCC12CCC(NC(=O)COc3ccc(Cl)c(F)c3)(CC1)CC2=O. The largest absolute Gasteiger partial charge is 0.484 e. The molecule has 1 aromatic rings. The van der Waals surface area contributed by atoms with Crippen molar-refractivity contribution < 1.29 is 18.7 Å². The Labute approximate surface area is 145 Å². The van der Waals surface area contributed by atoms with Crippen molar-refractivity contribution >= 4 is 23.3 Å². The smallest absolute Gasteiger partial charge is 0.258 e. The van der Waals surface area contributed by atoms with Gasteiger partial charge >= 0.3 is 0 Å². The molecule has 1 amide bonds. The van der Waals surface area contributed by atoms with Crippen LogP contribution in [-0.4, -0.2) is 23.8 Å². The fourth-order valence-corrected chi connectivity index (χ4v) is 4.04. The molecule has 3 aliphatic carbocycles. The van der Waals surface area contributed by atoms with Crippen molar-refractivity contribution in [3.05, 3.63) is 29.0 Å². The van der Waals surface area contributed by atoms with E-state index in [9.17, 15) is 14.0 Å². The van der Waals surface area contributed by atoms with E-state index in [2.05, 4.69) is 12.2 Å². The lowest BCUT2D eigenvalue weighted by atomic mass is 9.55. The molecule has 0 unspecified atom stereocenters. The number of halogens is 2. The summed E-state index contributed by atoms with van der Waals surface area (Å²) in [6.45, 7) is 1.85. The van der Waals surface area contributed by atoms with Gasteiger partial charge in [-0.2, -0.15) is 0 Å². The number of benzene rings is 1. The highest BCUT2D eigenvalue weighted by atomic mass is 35.5. The Bertz CT molecular complexity index is 668. The average molecular weight is 354 g/mol. The molecule has 4 rings (SSSR count). The van der Waals surface area contributed by atoms with Crippen molar-refractivity contribution in [3.8, 4) is 5.75 Å². The van der Waals surface area contributed by atoms with Crippen molar-refractivity contribution in [2.75, 3.05) is 6.61 Å². The lowest BCUT2D eigenvalue weighted by Crippen LogP contribution is -2.60. The van der Waals surface area contributed by atoms with Crippen molar-refractivity contribution in [1.82, 2.24) is 5.32 Å². The lowest BCUT2D eigenvalue weighted by molar-refractivity contribution is -0.143.